The van der Waals surface area contributed by atoms with Crippen LogP contribution >= 0.6 is 0 Å². The second-order valence-electron chi connectivity index (χ2n) is 7.92. The molecule has 0 spiro atoms. The summed E-state index contributed by atoms with van der Waals surface area (Å²) in [5.41, 5.74) is 6.71. The molecule has 7 heteroatoms. The van der Waals surface area contributed by atoms with Gasteiger partial charge in [-0.15, -0.1) is 0 Å². The van der Waals surface area contributed by atoms with Crippen molar-refractivity contribution in [2.75, 3.05) is 0 Å². The zero-order chi connectivity index (χ0) is 21.5. The first kappa shape index (κ1) is 18.9. The van der Waals surface area contributed by atoms with Gasteiger partial charge in [0.05, 0.1) is 16.2 Å². The first-order chi connectivity index (χ1) is 15.0. The van der Waals surface area contributed by atoms with Gasteiger partial charge >= 0.3 is 0 Å². The number of hydrogen-bond donors (Lipinski definition) is 0. The van der Waals surface area contributed by atoms with Crippen LogP contribution in [0.15, 0.2) is 54.6 Å². The van der Waals surface area contributed by atoms with Crippen molar-refractivity contribution in [1.82, 2.24) is 14.6 Å². The zero-order valence-electron chi connectivity index (χ0n) is 16.9. The summed E-state index contributed by atoms with van der Waals surface area (Å²) in [5.74, 6) is 0.452. The molecule has 2 aromatic carbocycles. The number of nitrogens with zero attached hydrogens (tertiary/aromatic N) is 5. The SMILES string of the molecule is Cc1cc(C#N)nc2c(Cc3ccc(-c4ccccc4[N+](=O)[O-])cc3)c(C3CC3)nn12. The Morgan fingerprint density at radius 2 is 1.94 bits per heavy atom. The zero-order valence-corrected chi connectivity index (χ0v) is 16.9. The third-order valence-electron chi connectivity index (χ3n) is 5.72. The fourth-order valence-corrected chi connectivity index (χ4v) is 4.02. The maximum absolute atomic E-state index is 11.4. The molecule has 152 valence electrons. The van der Waals surface area contributed by atoms with Crippen LogP contribution in [-0.2, 0) is 6.42 Å². The number of benzene rings is 2. The highest BCUT2D eigenvalue weighted by Crippen LogP contribution is 2.42. The number of nitriles is 1. The van der Waals surface area contributed by atoms with Gasteiger partial charge in [0.2, 0.25) is 0 Å². The predicted octanol–water partition coefficient (Wildman–Crippen LogP) is 4.95. The Morgan fingerprint density at radius 1 is 1.19 bits per heavy atom. The molecule has 2 heterocycles. The van der Waals surface area contributed by atoms with Crippen molar-refractivity contribution in [3.05, 3.63) is 92.9 Å². The molecule has 0 aliphatic heterocycles. The lowest BCUT2D eigenvalue weighted by molar-refractivity contribution is -0.384. The molecule has 2 aromatic heterocycles. The Morgan fingerprint density at radius 3 is 2.61 bits per heavy atom. The van der Waals surface area contributed by atoms with Crippen LogP contribution in [0, 0.1) is 28.4 Å². The molecule has 0 amide bonds. The van der Waals surface area contributed by atoms with E-state index in [2.05, 4.69) is 11.1 Å². The van der Waals surface area contributed by atoms with Crippen LogP contribution in [0.3, 0.4) is 0 Å². The van der Waals surface area contributed by atoms with Crippen molar-refractivity contribution in [2.24, 2.45) is 0 Å². The molecule has 31 heavy (non-hydrogen) atoms. The minimum absolute atomic E-state index is 0.0950. The van der Waals surface area contributed by atoms with Gasteiger partial charge in [0.1, 0.15) is 11.8 Å². The van der Waals surface area contributed by atoms with E-state index in [9.17, 15) is 15.4 Å². The topological polar surface area (TPSA) is 97.1 Å². The minimum Gasteiger partial charge on any atom is -0.258 e. The monoisotopic (exact) mass is 409 g/mol. The first-order valence-electron chi connectivity index (χ1n) is 10.2. The number of hydrogen-bond acceptors (Lipinski definition) is 5. The number of aromatic nitrogens is 3. The molecule has 7 nitrogen and oxygen atoms in total. The number of aryl methyl sites for hydroxylation is 1. The largest absolute Gasteiger partial charge is 0.277 e. The normalized spacial score (nSPS) is 13.3. The molecule has 4 aromatic rings. The standard InChI is InChI=1S/C24H19N5O2/c1-15-12-19(14-25)26-24-21(23(18-10-11-18)27-28(15)24)13-16-6-8-17(9-7-16)20-4-2-3-5-22(20)29(30)31/h2-9,12,18H,10-11,13H2,1H3. The highest BCUT2D eigenvalue weighted by Gasteiger charge is 2.31. The molecule has 1 fully saturated rings. The van der Waals surface area contributed by atoms with Gasteiger partial charge in [-0.3, -0.25) is 10.1 Å². The van der Waals surface area contributed by atoms with Crippen molar-refractivity contribution >= 4 is 11.3 Å². The molecule has 0 atom stereocenters. The average molecular weight is 409 g/mol. The van der Waals surface area contributed by atoms with Crippen LogP contribution in [0.4, 0.5) is 5.69 Å². The van der Waals surface area contributed by atoms with Gasteiger partial charge < -0.3 is 0 Å². The van der Waals surface area contributed by atoms with E-state index in [1.54, 1.807) is 24.3 Å². The second-order valence-corrected chi connectivity index (χ2v) is 7.92. The fourth-order valence-electron chi connectivity index (χ4n) is 4.02. The number of fused-ring (bicyclic) bond motifs is 1. The summed E-state index contributed by atoms with van der Waals surface area (Å²) in [6, 6.07) is 18.5. The van der Waals surface area contributed by atoms with Crippen LogP contribution in [-0.4, -0.2) is 19.5 Å². The van der Waals surface area contributed by atoms with Crippen molar-refractivity contribution in [1.29, 1.82) is 5.26 Å². The van der Waals surface area contributed by atoms with E-state index < -0.39 is 0 Å². The summed E-state index contributed by atoms with van der Waals surface area (Å²) in [4.78, 5) is 15.5. The van der Waals surface area contributed by atoms with E-state index in [1.807, 2.05) is 35.7 Å². The van der Waals surface area contributed by atoms with Gasteiger partial charge in [-0.05, 0) is 43.0 Å². The van der Waals surface area contributed by atoms with E-state index in [1.165, 1.54) is 6.07 Å². The minimum atomic E-state index is -0.356. The van der Waals surface area contributed by atoms with Crippen molar-refractivity contribution in [3.63, 3.8) is 0 Å². The Hall–Kier alpha value is -4.05. The quantitative estimate of drug-likeness (QED) is 0.343. The van der Waals surface area contributed by atoms with Crippen LogP contribution in [0.25, 0.3) is 16.8 Å². The van der Waals surface area contributed by atoms with Gasteiger partial charge in [0.25, 0.3) is 5.69 Å². The second kappa shape index (κ2) is 7.33. The van der Waals surface area contributed by atoms with Crippen molar-refractivity contribution in [3.8, 4) is 17.2 Å². The highest BCUT2D eigenvalue weighted by molar-refractivity contribution is 5.73. The number of nitro groups is 1. The Bertz CT molecular complexity index is 1360. The lowest BCUT2D eigenvalue weighted by Crippen LogP contribution is -1.99. The first-order valence-corrected chi connectivity index (χ1v) is 10.2. The van der Waals surface area contributed by atoms with Gasteiger partial charge in [-0.2, -0.15) is 10.4 Å². The van der Waals surface area contributed by atoms with Crippen LogP contribution in [0.5, 0.6) is 0 Å². The number of para-hydroxylation sites is 1. The lowest BCUT2D eigenvalue weighted by atomic mass is 9.98. The number of rotatable bonds is 5. The van der Waals surface area contributed by atoms with Crippen molar-refractivity contribution < 1.29 is 4.92 Å². The van der Waals surface area contributed by atoms with Crippen LogP contribution < -0.4 is 0 Å². The molecule has 1 aliphatic rings. The summed E-state index contributed by atoms with van der Waals surface area (Å²) in [6.07, 6.45) is 2.89. The van der Waals surface area contributed by atoms with Crippen molar-refractivity contribution in [2.45, 2.75) is 32.1 Å². The molecular weight excluding hydrogens is 390 g/mol. The molecular formula is C24H19N5O2. The molecule has 0 saturated heterocycles. The van der Waals surface area contributed by atoms with Gasteiger partial charge in [-0.25, -0.2) is 9.50 Å². The maximum Gasteiger partial charge on any atom is 0.277 e. The van der Waals surface area contributed by atoms with Gasteiger partial charge in [0, 0.05) is 29.7 Å². The third kappa shape index (κ3) is 3.42. The summed E-state index contributed by atoms with van der Waals surface area (Å²) in [7, 11) is 0. The molecule has 1 saturated carbocycles. The van der Waals surface area contributed by atoms with Gasteiger partial charge in [0.15, 0.2) is 5.65 Å². The lowest BCUT2D eigenvalue weighted by Gasteiger charge is -2.06. The van der Waals surface area contributed by atoms with E-state index in [-0.39, 0.29) is 10.6 Å². The molecule has 0 radical (unpaired) electrons. The molecule has 5 rings (SSSR count). The maximum atomic E-state index is 11.4. The molecule has 0 unspecified atom stereocenters. The smallest absolute Gasteiger partial charge is 0.258 e. The average Bonchev–Trinajstić information content (AvgIpc) is 3.57. The molecule has 1 aliphatic carbocycles. The summed E-state index contributed by atoms with van der Waals surface area (Å²) in [6.45, 7) is 1.94. The predicted molar refractivity (Wildman–Crippen MR) is 116 cm³/mol. The molecule has 0 N–H and O–H groups in total. The fraction of sp³-hybridized carbons (Fsp3) is 0.208. The summed E-state index contributed by atoms with van der Waals surface area (Å²) >= 11 is 0. The van der Waals surface area contributed by atoms with Crippen LogP contribution in [0.1, 0.15) is 47.0 Å². The van der Waals surface area contributed by atoms with E-state index in [0.29, 0.717) is 23.6 Å². The van der Waals surface area contributed by atoms with Crippen LogP contribution in [0.2, 0.25) is 0 Å². The van der Waals surface area contributed by atoms with Gasteiger partial charge in [-0.1, -0.05) is 36.4 Å². The Kier molecular flexibility index (Phi) is 4.48. The van der Waals surface area contributed by atoms with E-state index in [0.717, 1.165) is 46.6 Å². The number of nitro benzene ring substituents is 1. The Labute approximate surface area is 178 Å². The Balaban J connectivity index is 1.54. The van der Waals surface area contributed by atoms with E-state index in [4.69, 9.17) is 5.10 Å². The summed E-state index contributed by atoms with van der Waals surface area (Å²) in [5, 5.41) is 25.5. The van der Waals surface area contributed by atoms with E-state index >= 15 is 0 Å². The highest BCUT2D eigenvalue weighted by atomic mass is 16.6. The summed E-state index contributed by atoms with van der Waals surface area (Å²) < 4.78 is 1.84. The molecule has 0 bridgehead atoms. The third-order valence-corrected chi connectivity index (χ3v) is 5.72.